The number of aromatic nitrogens is 6. The number of hydrogen-bond acceptors (Lipinski definition) is 5. The van der Waals surface area contributed by atoms with Gasteiger partial charge in [-0.05, 0) is 141 Å². The molecule has 0 fully saturated rings. The lowest BCUT2D eigenvalue weighted by Gasteiger charge is -2.22. The molecule has 13 aromatic rings. The van der Waals surface area contributed by atoms with E-state index < -0.39 is 0 Å². The van der Waals surface area contributed by atoms with Crippen molar-refractivity contribution < 1.29 is 0 Å². The van der Waals surface area contributed by atoms with Gasteiger partial charge in [0.05, 0.1) is 45.1 Å². The Bertz CT molecular complexity index is 4260. The zero-order valence-electron chi connectivity index (χ0n) is 43.2. The molecule has 13 rings (SSSR count). The molecule has 362 valence electrons. The normalized spacial score (nSPS) is 11.5. The zero-order chi connectivity index (χ0) is 51.8. The fourth-order valence-electron chi connectivity index (χ4n) is 12.1. The van der Waals surface area contributed by atoms with Crippen LogP contribution in [0.25, 0.3) is 123 Å². The molecule has 7 heteroatoms. The topological polar surface area (TPSA) is 85.2 Å². The SMILES string of the molecule is Cc1cc(C)c(-c2ccc3c(c2)c2cc(-c4c(C)cc(C)cc4C)ccc2n3-c2c(-c3nc(-c4ccccc4)nc(-c4ccccc4)n3)cc(C#N)cc2-c2cnccc2-n2c3ccccc3c3ccccc32)c(C)c1. The maximum Gasteiger partial charge on any atom is 0.166 e. The molecule has 0 atom stereocenters. The monoisotopic (exact) mass is 977 g/mol. The molecule has 0 unspecified atom stereocenters. The van der Waals surface area contributed by atoms with Gasteiger partial charge in [0, 0.05) is 61.8 Å². The van der Waals surface area contributed by atoms with Gasteiger partial charge in [-0.1, -0.05) is 145 Å². The first-order chi connectivity index (χ1) is 37.1. The molecule has 0 saturated carbocycles. The second-order valence-corrected chi connectivity index (χ2v) is 20.2. The molecule has 0 N–H and O–H groups in total. The van der Waals surface area contributed by atoms with Crippen molar-refractivity contribution >= 4 is 43.6 Å². The summed E-state index contributed by atoms with van der Waals surface area (Å²) in [6.45, 7) is 13.2. The third kappa shape index (κ3) is 7.65. The van der Waals surface area contributed by atoms with Crippen LogP contribution in [0.5, 0.6) is 0 Å². The number of benzene rings is 9. The van der Waals surface area contributed by atoms with E-state index in [4.69, 9.17) is 19.9 Å². The van der Waals surface area contributed by atoms with Gasteiger partial charge in [-0.3, -0.25) is 4.98 Å². The van der Waals surface area contributed by atoms with Gasteiger partial charge in [0.15, 0.2) is 17.5 Å². The van der Waals surface area contributed by atoms with Crippen LogP contribution in [0.2, 0.25) is 0 Å². The largest absolute Gasteiger partial charge is 0.309 e. The lowest BCUT2D eigenvalue weighted by molar-refractivity contribution is 1.06. The molecule has 7 nitrogen and oxygen atoms in total. The minimum Gasteiger partial charge on any atom is -0.309 e. The lowest BCUT2D eigenvalue weighted by Crippen LogP contribution is -2.07. The number of nitrogens with zero attached hydrogens (tertiary/aromatic N) is 7. The van der Waals surface area contributed by atoms with Crippen LogP contribution in [0, 0.1) is 52.9 Å². The molecule has 0 amide bonds. The summed E-state index contributed by atoms with van der Waals surface area (Å²) in [6, 6.07) is 68.7. The Balaban J connectivity index is 1.20. The summed E-state index contributed by atoms with van der Waals surface area (Å²) in [5, 5.41) is 15.7. The van der Waals surface area contributed by atoms with Crippen LogP contribution in [-0.4, -0.2) is 29.1 Å². The van der Waals surface area contributed by atoms with Gasteiger partial charge >= 0.3 is 0 Å². The Morgan fingerprint density at radius 2 is 0.829 bits per heavy atom. The molecule has 4 heterocycles. The van der Waals surface area contributed by atoms with Gasteiger partial charge < -0.3 is 9.13 Å². The van der Waals surface area contributed by atoms with E-state index in [1.54, 1.807) is 0 Å². The summed E-state index contributed by atoms with van der Waals surface area (Å²) in [5.41, 5.74) is 22.5. The molecule has 4 aromatic heterocycles. The standard InChI is InChI=1S/C69H51N7/c1-41-31-43(3)64(44(4)32-41)50-25-27-61-54(37-50)55-38-51(65-45(5)33-42(2)34-46(65)6)26-28-62(55)76(61)66-56(58-40-71-30-29-63(58)75-59-23-15-13-21-52(59)53-22-14-16-24-60(53)75)35-47(39-70)36-57(66)69-73-67(48-17-9-7-10-18-48)72-68(74-69)49-19-11-8-12-20-49/h7-38,40H,1-6H3. The Kier molecular flexibility index (Phi) is 11.1. The van der Waals surface area contributed by atoms with Crippen LogP contribution >= 0.6 is 0 Å². The Morgan fingerprint density at radius 3 is 1.33 bits per heavy atom. The average Bonchev–Trinajstić information content (AvgIpc) is 4.04. The van der Waals surface area contributed by atoms with Crippen molar-refractivity contribution in [3.05, 3.63) is 239 Å². The van der Waals surface area contributed by atoms with E-state index in [0.29, 0.717) is 28.6 Å². The quantitative estimate of drug-likeness (QED) is 0.151. The first-order valence-electron chi connectivity index (χ1n) is 25.8. The van der Waals surface area contributed by atoms with Crippen LogP contribution in [0.15, 0.2) is 200 Å². The van der Waals surface area contributed by atoms with Crippen molar-refractivity contribution in [3.8, 4) is 85.0 Å². The smallest absolute Gasteiger partial charge is 0.166 e. The number of para-hydroxylation sites is 2. The number of pyridine rings is 1. The highest BCUT2D eigenvalue weighted by Gasteiger charge is 2.27. The van der Waals surface area contributed by atoms with Gasteiger partial charge in [0.1, 0.15) is 0 Å². The van der Waals surface area contributed by atoms with Crippen LogP contribution in [0.4, 0.5) is 0 Å². The Labute approximate surface area is 441 Å². The van der Waals surface area contributed by atoms with Crippen molar-refractivity contribution in [2.45, 2.75) is 41.5 Å². The molecule has 76 heavy (non-hydrogen) atoms. The molecule has 9 aromatic carbocycles. The molecule has 0 aliphatic rings. The van der Waals surface area contributed by atoms with Crippen molar-refractivity contribution in [2.24, 2.45) is 0 Å². The van der Waals surface area contributed by atoms with Gasteiger partial charge in [0.25, 0.3) is 0 Å². The van der Waals surface area contributed by atoms with E-state index in [0.717, 1.165) is 88.4 Å². The number of hydrogen-bond donors (Lipinski definition) is 0. The zero-order valence-corrected chi connectivity index (χ0v) is 43.2. The summed E-state index contributed by atoms with van der Waals surface area (Å²) in [6.07, 6.45) is 3.80. The van der Waals surface area contributed by atoms with Crippen LogP contribution in [0.1, 0.15) is 38.9 Å². The third-order valence-corrected chi connectivity index (χ3v) is 15.0. The number of fused-ring (bicyclic) bond motifs is 6. The Morgan fingerprint density at radius 1 is 0.382 bits per heavy atom. The van der Waals surface area contributed by atoms with Crippen LogP contribution < -0.4 is 0 Å². The molecule has 0 bridgehead atoms. The summed E-state index contributed by atoms with van der Waals surface area (Å²) in [4.78, 5) is 20.8. The number of rotatable bonds is 8. The van der Waals surface area contributed by atoms with E-state index in [2.05, 4.69) is 172 Å². The summed E-state index contributed by atoms with van der Waals surface area (Å²) in [5.74, 6) is 1.48. The second kappa shape index (κ2) is 18.3. The molecular weight excluding hydrogens is 927 g/mol. The van der Waals surface area contributed by atoms with Crippen molar-refractivity contribution in [1.29, 1.82) is 5.26 Å². The van der Waals surface area contributed by atoms with Crippen molar-refractivity contribution in [2.75, 3.05) is 0 Å². The van der Waals surface area contributed by atoms with Gasteiger partial charge in [-0.15, -0.1) is 0 Å². The summed E-state index contributed by atoms with van der Waals surface area (Å²) < 4.78 is 4.71. The summed E-state index contributed by atoms with van der Waals surface area (Å²) in [7, 11) is 0. The van der Waals surface area contributed by atoms with E-state index in [-0.39, 0.29) is 0 Å². The second-order valence-electron chi connectivity index (χ2n) is 20.2. The average molecular weight is 978 g/mol. The van der Waals surface area contributed by atoms with E-state index in [1.165, 1.54) is 44.5 Å². The third-order valence-electron chi connectivity index (χ3n) is 15.0. The first kappa shape index (κ1) is 46.0. The molecular formula is C69H51N7. The molecule has 0 spiro atoms. The first-order valence-corrected chi connectivity index (χ1v) is 25.8. The molecule has 0 aliphatic carbocycles. The van der Waals surface area contributed by atoms with E-state index >= 15 is 0 Å². The minimum atomic E-state index is 0.434. The maximum atomic E-state index is 11.2. The van der Waals surface area contributed by atoms with Gasteiger partial charge in [-0.25, -0.2) is 15.0 Å². The van der Waals surface area contributed by atoms with Crippen LogP contribution in [-0.2, 0) is 0 Å². The fourth-order valence-corrected chi connectivity index (χ4v) is 12.1. The highest BCUT2D eigenvalue weighted by Crippen LogP contribution is 2.46. The number of nitriles is 1. The van der Waals surface area contributed by atoms with Crippen molar-refractivity contribution in [1.82, 2.24) is 29.1 Å². The summed E-state index contributed by atoms with van der Waals surface area (Å²) >= 11 is 0. The van der Waals surface area contributed by atoms with Gasteiger partial charge in [-0.2, -0.15) is 5.26 Å². The van der Waals surface area contributed by atoms with Crippen LogP contribution in [0.3, 0.4) is 0 Å². The lowest BCUT2D eigenvalue weighted by atomic mass is 9.91. The van der Waals surface area contributed by atoms with Crippen molar-refractivity contribution in [3.63, 3.8) is 0 Å². The van der Waals surface area contributed by atoms with Gasteiger partial charge in [0.2, 0.25) is 0 Å². The predicted molar refractivity (Wildman–Crippen MR) is 312 cm³/mol. The molecule has 0 aliphatic heterocycles. The highest BCUT2D eigenvalue weighted by atomic mass is 15.1. The number of aryl methyl sites for hydroxylation is 6. The minimum absolute atomic E-state index is 0.434. The Hall–Kier alpha value is -9.77. The molecule has 0 saturated heterocycles. The maximum absolute atomic E-state index is 11.2. The van der Waals surface area contributed by atoms with E-state index in [1.807, 2.05) is 85.2 Å². The highest BCUT2D eigenvalue weighted by molar-refractivity contribution is 6.14. The van der Waals surface area contributed by atoms with E-state index in [9.17, 15) is 5.26 Å². The fraction of sp³-hybridized carbons (Fsp3) is 0.0870. The molecule has 0 radical (unpaired) electrons. The predicted octanol–water partition coefficient (Wildman–Crippen LogP) is 17.2.